The molecule has 0 saturated heterocycles. The Morgan fingerprint density at radius 3 is 2.70 bits per heavy atom. The van der Waals surface area contributed by atoms with E-state index < -0.39 is 0 Å². The number of thioether (sulfide) groups is 1. The zero-order valence-corrected chi connectivity index (χ0v) is 12.9. The third-order valence-electron chi connectivity index (χ3n) is 3.00. The van der Waals surface area contributed by atoms with E-state index in [0.717, 1.165) is 17.2 Å². The Morgan fingerprint density at radius 2 is 2.05 bits per heavy atom. The van der Waals surface area contributed by atoms with E-state index in [4.69, 9.17) is 17.3 Å². The van der Waals surface area contributed by atoms with Crippen LogP contribution in [0.3, 0.4) is 0 Å². The first-order valence-corrected chi connectivity index (χ1v) is 7.80. The van der Waals surface area contributed by atoms with Gasteiger partial charge in [0.1, 0.15) is 5.82 Å². The molecule has 3 nitrogen and oxygen atoms in total. The summed E-state index contributed by atoms with van der Waals surface area (Å²) in [5, 5.41) is 4.11. The second-order valence-corrected chi connectivity index (χ2v) is 6.07. The summed E-state index contributed by atoms with van der Waals surface area (Å²) in [7, 11) is 1.98. The lowest BCUT2D eigenvalue weighted by Crippen LogP contribution is -2.30. The number of likely N-dealkylation sites (N-methyl/N-ethyl adjacent to an activating group) is 1. The lowest BCUT2D eigenvalue weighted by Gasteiger charge is -2.16. The summed E-state index contributed by atoms with van der Waals surface area (Å²) >= 11 is 7.70. The van der Waals surface area contributed by atoms with Gasteiger partial charge in [-0.2, -0.15) is 0 Å². The number of nitrogens with two attached hydrogens (primary N) is 1. The highest BCUT2D eigenvalue weighted by molar-refractivity contribution is 7.99. The molecule has 0 aliphatic heterocycles. The van der Waals surface area contributed by atoms with E-state index in [0.29, 0.717) is 11.9 Å². The third-order valence-corrected chi connectivity index (χ3v) is 4.43. The average Bonchev–Trinajstić information content (AvgIpc) is 2.45. The fourth-order valence-corrected chi connectivity index (χ4v) is 3.01. The molecule has 2 aromatic rings. The number of halogens is 1. The Labute approximate surface area is 128 Å². The maximum absolute atomic E-state index is 5.88. The van der Waals surface area contributed by atoms with Crippen LogP contribution in [0.5, 0.6) is 0 Å². The zero-order chi connectivity index (χ0) is 14.4. The molecular weight excluding hydrogens is 290 g/mol. The highest BCUT2D eigenvalue weighted by Gasteiger charge is 2.08. The first-order valence-electron chi connectivity index (χ1n) is 6.43. The molecule has 5 heteroatoms. The Morgan fingerprint density at radius 1 is 1.30 bits per heavy atom. The molecule has 106 valence electrons. The van der Waals surface area contributed by atoms with Crippen LogP contribution in [0.25, 0.3) is 0 Å². The van der Waals surface area contributed by atoms with Gasteiger partial charge in [0.05, 0.1) is 0 Å². The second-order valence-electron chi connectivity index (χ2n) is 4.54. The van der Waals surface area contributed by atoms with Crippen molar-refractivity contribution in [3.05, 3.63) is 53.2 Å². The van der Waals surface area contributed by atoms with Crippen LogP contribution in [-0.2, 0) is 6.42 Å². The van der Waals surface area contributed by atoms with E-state index in [1.807, 2.05) is 55.2 Å². The standard InChI is InChI=1S/C15H18ClN3S/c1-18-13(8-11-6-7-19-15(17)9-11)10-20-14-4-2-12(16)3-5-14/h2-7,9,13,18H,8,10H2,1H3,(H2,17,19). The molecule has 1 aromatic carbocycles. The molecule has 0 amide bonds. The fraction of sp³-hybridized carbons (Fsp3) is 0.267. The molecule has 3 N–H and O–H groups in total. The van der Waals surface area contributed by atoms with Crippen molar-refractivity contribution in [2.75, 3.05) is 18.5 Å². The number of pyridine rings is 1. The van der Waals surface area contributed by atoms with Gasteiger partial charge in [-0.1, -0.05) is 11.6 Å². The van der Waals surface area contributed by atoms with Crippen LogP contribution in [0.4, 0.5) is 5.82 Å². The maximum atomic E-state index is 5.88. The van der Waals surface area contributed by atoms with Gasteiger partial charge in [0.2, 0.25) is 0 Å². The van der Waals surface area contributed by atoms with Crippen molar-refractivity contribution in [3.8, 4) is 0 Å². The number of nitrogen functional groups attached to an aromatic ring is 1. The number of nitrogens with one attached hydrogen (secondary N) is 1. The number of aromatic nitrogens is 1. The topological polar surface area (TPSA) is 50.9 Å². The first kappa shape index (κ1) is 15.2. The molecule has 1 atom stereocenters. The number of nitrogens with zero attached hydrogens (tertiary/aromatic N) is 1. The molecule has 1 heterocycles. The molecule has 0 radical (unpaired) electrons. The van der Waals surface area contributed by atoms with Crippen molar-refractivity contribution in [3.63, 3.8) is 0 Å². The normalized spacial score (nSPS) is 12.3. The molecule has 2 rings (SSSR count). The zero-order valence-electron chi connectivity index (χ0n) is 11.3. The van der Waals surface area contributed by atoms with Crippen molar-refractivity contribution in [2.45, 2.75) is 17.4 Å². The van der Waals surface area contributed by atoms with Crippen LogP contribution < -0.4 is 11.1 Å². The second kappa shape index (κ2) is 7.53. The van der Waals surface area contributed by atoms with Crippen LogP contribution in [0.2, 0.25) is 5.02 Å². The van der Waals surface area contributed by atoms with Crippen LogP contribution >= 0.6 is 23.4 Å². The molecule has 0 saturated carbocycles. The summed E-state index contributed by atoms with van der Waals surface area (Å²) in [5.41, 5.74) is 6.91. The summed E-state index contributed by atoms with van der Waals surface area (Å²) < 4.78 is 0. The van der Waals surface area contributed by atoms with Gasteiger partial charge in [0.15, 0.2) is 0 Å². The number of benzene rings is 1. The van der Waals surface area contributed by atoms with E-state index in [1.165, 1.54) is 10.5 Å². The van der Waals surface area contributed by atoms with E-state index in [1.54, 1.807) is 6.20 Å². The largest absolute Gasteiger partial charge is 0.384 e. The van der Waals surface area contributed by atoms with Gasteiger partial charge in [0, 0.05) is 27.9 Å². The van der Waals surface area contributed by atoms with E-state index >= 15 is 0 Å². The predicted molar refractivity (Wildman–Crippen MR) is 87.4 cm³/mol. The van der Waals surface area contributed by atoms with Gasteiger partial charge in [-0.25, -0.2) is 4.98 Å². The van der Waals surface area contributed by atoms with Crippen molar-refractivity contribution < 1.29 is 0 Å². The summed E-state index contributed by atoms with van der Waals surface area (Å²) in [6, 6.07) is 12.3. The molecule has 0 bridgehead atoms. The molecular formula is C15H18ClN3S. The molecule has 20 heavy (non-hydrogen) atoms. The van der Waals surface area contributed by atoms with Gasteiger partial charge in [0.25, 0.3) is 0 Å². The van der Waals surface area contributed by atoms with Crippen molar-refractivity contribution in [1.82, 2.24) is 10.3 Å². The lowest BCUT2D eigenvalue weighted by atomic mass is 10.1. The molecule has 1 unspecified atom stereocenters. The van der Waals surface area contributed by atoms with Gasteiger partial charge >= 0.3 is 0 Å². The minimum Gasteiger partial charge on any atom is -0.384 e. The Bertz CT molecular complexity index is 545. The summed E-state index contributed by atoms with van der Waals surface area (Å²) in [6.45, 7) is 0. The Balaban J connectivity index is 1.90. The monoisotopic (exact) mass is 307 g/mol. The van der Waals surface area contributed by atoms with E-state index in [9.17, 15) is 0 Å². The minimum atomic E-state index is 0.387. The number of anilines is 1. The molecule has 0 aliphatic carbocycles. The summed E-state index contributed by atoms with van der Waals surface area (Å²) in [4.78, 5) is 5.24. The average molecular weight is 308 g/mol. The summed E-state index contributed by atoms with van der Waals surface area (Å²) in [5.74, 6) is 1.56. The SMILES string of the molecule is CNC(CSc1ccc(Cl)cc1)Cc1ccnc(N)c1. The lowest BCUT2D eigenvalue weighted by molar-refractivity contribution is 0.617. The molecule has 0 fully saturated rings. The van der Waals surface area contributed by atoms with Gasteiger partial charge in [-0.05, 0) is 55.4 Å². The molecule has 1 aromatic heterocycles. The van der Waals surface area contributed by atoms with E-state index in [2.05, 4.69) is 10.3 Å². The summed E-state index contributed by atoms with van der Waals surface area (Å²) in [6.07, 6.45) is 2.69. The predicted octanol–water partition coefficient (Wildman–Crippen LogP) is 3.24. The number of rotatable bonds is 6. The van der Waals surface area contributed by atoms with Crippen LogP contribution in [0.1, 0.15) is 5.56 Å². The number of hydrogen-bond acceptors (Lipinski definition) is 4. The van der Waals surface area contributed by atoms with Crippen molar-refractivity contribution >= 4 is 29.2 Å². The van der Waals surface area contributed by atoms with Crippen LogP contribution in [0.15, 0.2) is 47.5 Å². The highest BCUT2D eigenvalue weighted by atomic mass is 35.5. The van der Waals surface area contributed by atoms with Gasteiger partial charge < -0.3 is 11.1 Å². The minimum absolute atomic E-state index is 0.387. The molecule has 0 aliphatic rings. The van der Waals surface area contributed by atoms with Crippen molar-refractivity contribution in [2.24, 2.45) is 0 Å². The quantitative estimate of drug-likeness (QED) is 0.804. The smallest absolute Gasteiger partial charge is 0.123 e. The van der Waals surface area contributed by atoms with Gasteiger partial charge in [-0.15, -0.1) is 11.8 Å². The van der Waals surface area contributed by atoms with Crippen molar-refractivity contribution in [1.29, 1.82) is 0 Å². The van der Waals surface area contributed by atoms with Crippen LogP contribution in [-0.4, -0.2) is 23.8 Å². The van der Waals surface area contributed by atoms with Gasteiger partial charge in [-0.3, -0.25) is 0 Å². The van der Waals surface area contributed by atoms with E-state index in [-0.39, 0.29) is 0 Å². The number of hydrogen-bond donors (Lipinski definition) is 2. The first-order chi connectivity index (χ1) is 9.67. The fourth-order valence-electron chi connectivity index (χ4n) is 1.88. The molecule has 0 spiro atoms. The van der Waals surface area contributed by atoms with Crippen LogP contribution in [0, 0.1) is 0 Å². The Kier molecular flexibility index (Phi) is 5.71. The maximum Gasteiger partial charge on any atom is 0.123 e. The third kappa shape index (κ3) is 4.71. The Hall–Kier alpha value is -1.23. The highest BCUT2D eigenvalue weighted by Crippen LogP contribution is 2.22.